The van der Waals surface area contributed by atoms with Crippen LogP contribution in [0.4, 0.5) is 0 Å². The number of hydrogen-bond donors (Lipinski definition) is 0. The van der Waals surface area contributed by atoms with Gasteiger partial charge in [-0.3, -0.25) is 0 Å². The van der Waals surface area contributed by atoms with Gasteiger partial charge in [0.25, 0.3) is 0 Å². The molecule has 1 rings (SSSR count). The van der Waals surface area contributed by atoms with E-state index in [1.165, 1.54) is 0 Å². The van der Waals surface area contributed by atoms with Crippen LogP contribution in [0.15, 0.2) is 29.4 Å². The van der Waals surface area contributed by atoms with Gasteiger partial charge in [-0.2, -0.15) is 0 Å². The van der Waals surface area contributed by atoms with Gasteiger partial charge in [0.05, 0.1) is 6.10 Å². The third-order valence-electron chi connectivity index (χ3n) is 3.54. The lowest BCUT2D eigenvalue weighted by Crippen LogP contribution is -2.35. The maximum atomic E-state index is 5.94. The maximum absolute atomic E-state index is 5.94. The molecule has 1 unspecified atom stereocenters. The predicted octanol–water partition coefficient (Wildman–Crippen LogP) is 6.86. The number of rotatable bonds is 9. The monoisotopic (exact) mass is 357 g/mol. The number of nitrogens with zero attached hydrogens (tertiary/aromatic N) is 1. The molecule has 23 heavy (non-hydrogen) atoms. The second-order valence-corrected chi connectivity index (χ2v) is 9.63. The Kier molecular flexibility index (Phi) is 11.3. The van der Waals surface area contributed by atoms with Gasteiger partial charge in [0.15, 0.2) is 0 Å². The van der Waals surface area contributed by atoms with Crippen LogP contribution in [0.3, 0.4) is 0 Å². The van der Waals surface area contributed by atoms with Crippen LogP contribution < -0.4 is 0 Å². The third-order valence-corrected chi connectivity index (χ3v) is 6.75. The van der Waals surface area contributed by atoms with E-state index in [1.807, 2.05) is 43.0 Å². The lowest BCUT2D eigenvalue weighted by molar-refractivity contribution is -0.0196. The Hall–Kier alpha value is -0.190. The van der Waals surface area contributed by atoms with Crippen LogP contribution in [0.2, 0.25) is 0 Å². The summed E-state index contributed by atoms with van der Waals surface area (Å²) in [5.74, 6) is 0. The standard InChI is InChI=1S/C17H29NOS2.C2H6/c1-7-12-19-14(2)16(3,4)13-17(5,6)21-20-15-10-8-9-11-18-15;1-2/h8-11,14H,7,12-13H2,1-6H3;1-2H3. The molecule has 0 aliphatic carbocycles. The largest absolute Gasteiger partial charge is 0.378 e. The van der Waals surface area contributed by atoms with Crippen LogP contribution in [0.25, 0.3) is 0 Å². The molecule has 0 aliphatic rings. The molecule has 0 bridgehead atoms. The molecule has 1 aromatic heterocycles. The van der Waals surface area contributed by atoms with Gasteiger partial charge in [0.2, 0.25) is 0 Å². The molecule has 0 saturated carbocycles. The van der Waals surface area contributed by atoms with E-state index >= 15 is 0 Å². The average molecular weight is 358 g/mol. The van der Waals surface area contributed by atoms with Crippen molar-refractivity contribution in [1.29, 1.82) is 0 Å². The van der Waals surface area contributed by atoms with Crippen molar-refractivity contribution in [1.82, 2.24) is 4.98 Å². The minimum Gasteiger partial charge on any atom is -0.378 e. The summed E-state index contributed by atoms with van der Waals surface area (Å²) in [7, 11) is 3.66. The van der Waals surface area contributed by atoms with Crippen molar-refractivity contribution >= 4 is 21.6 Å². The summed E-state index contributed by atoms with van der Waals surface area (Å²) in [5, 5.41) is 1.07. The molecule has 0 aromatic carbocycles. The SMILES string of the molecule is CC.CCCOC(C)C(C)(C)CC(C)(C)SSc1ccccn1. The fraction of sp³-hybridized carbons (Fsp3) is 0.737. The van der Waals surface area contributed by atoms with Crippen LogP contribution >= 0.6 is 21.6 Å². The molecule has 0 amide bonds. The van der Waals surface area contributed by atoms with E-state index in [4.69, 9.17) is 4.74 Å². The molecule has 1 atom stereocenters. The third kappa shape index (κ3) is 9.63. The molecule has 2 nitrogen and oxygen atoms in total. The Labute approximate surface area is 152 Å². The predicted molar refractivity (Wildman–Crippen MR) is 107 cm³/mol. The fourth-order valence-corrected chi connectivity index (χ4v) is 4.73. The van der Waals surface area contributed by atoms with Crippen LogP contribution in [0, 0.1) is 5.41 Å². The molecule has 0 aliphatic heterocycles. The smallest absolute Gasteiger partial charge is 0.106 e. The zero-order valence-electron chi connectivity index (χ0n) is 16.2. The van der Waals surface area contributed by atoms with E-state index < -0.39 is 0 Å². The fourth-order valence-electron chi connectivity index (χ4n) is 2.34. The summed E-state index contributed by atoms with van der Waals surface area (Å²) in [6, 6.07) is 6.05. The van der Waals surface area contributed by atoms with Crippen molar-refractivity contribution < 1.29 is 4.74 Å². The highest BCUT2D eigenvalue weighted by Crippen LogP contribution is 2.46. The van der Waals surface area contributed by atoms with Crippen molar-refractivity contribution in [3.8, 4) is 0 Å². The van der Waals surface area contributed by atoms with Crippen molar-refractivity contribution in [3.63, 3.8) is 0 Å². The van der Waals surface area contributed by atoms with Gasteiger partial charge in [-0.05, 0) is 62.0 Å². The van der Waals surface area contributed by atoms with Gasteiger partial charge in [0.1, 0.15) is 5.03 Å². The van der Waals surface area contributed by atoms with Crippen molar-refractivity contribution in [3.05, 3.63) is 24.4 Å². The van der Waals surface area contributed by atoms with Crippen LogP contribution in [-0.4, -0.2) is 22.4 Å². The summed E-state index contributed by atoms with van der Waals surface area (Å²) in [6.45, 7) is 18.4. The minimum absolute atomic E-state index is 0.163. The van der Waals surface area contributed by atoms with Crippen molar-refractivity contribution in [2.45, 2.75) is 84.1 Å². The number of aromatic nitrogens is 1. The van der Waals surface area contributed by atoms with E-state index in [9.17, 15) is 0 Å². The number of hydrogen-bond acceptors (Lipinski definition) is 4. The topological polar surface area (TPSA) is 22.1 Å². The van der Waals surface area contributed by atoms with Crippen LogP contribution in [0.5, 0.6) is 0 Å². The molecule has 0 radical (unpaired) electrons. The van der Waals surface area contributed by atoms with Crippen molar-refractivity contribution in [2.24, 2.45) is 5.41 Å². The Morgan fingerprint density at radius 2 is 1.83 bits per heavy atom. The molecule has 134 valence electrons. The summed E-state index contributed by atoms with van der Waals surface area (Å²) in [5.41, 5.74) is 0.163. The Balaban J connectivity index is 0.00000232. The molecule has 1 aromatic rings. The Bertz CT molecular complexity index is 407. The molecule has 4 heteroatoms. The van der Waals surface area contributed by atoms with Gasteiger partial charge in [-0.15, -0.1) is 0 Å². The number of ether oxygens (including phenoxy) is 1. The lowest BCUT2D eigenvalue weighted by Gasteiger charge is -2.38. The van der Waals surface area contributed by atoms with Gasteiger partial charge >= 0.3 is 0 Å². The highest BCUT2D eigenvalue weighted by Gasteiger charge is 2.34. The molecule has 0 spiro atoms. The molecular formula is C19H35NOS2. The van der Waals surface area contributed by atoms with E-state index in [-0.39, 0.29) is 16.3 Å². The average Bonchev–Trinajstić information content (AvgIpc) is 2.52. The zero-order chi connectivity index (χ0) is 17.9. The van der Waals surface area contributed by atoms with Crippen LogP contribution in [-0.2, 0) is 4.74 Å². The summed E-state index contributed by atoms with van der Waals surface area (Å²) in [6.07, 6.45) is 4.31. The highest BCUT2D eigenvalue weighted by atomic mass is 33.1. The second-order valence-electron chi connectivity index (χ2n) is 6.77. The Morgan fingerprint density at radius 1 is 1.17 bits per heavy atom. The summed E-state index contributed by atoms with van der Waals surface area (Å²) < 4.78 is 6.11. The van der Waals surface area contributed by atoms with Gasteiger partial charge < -0.3 is 4.74 Å². The summed E-state index contributed by atoms with van der Waals surface area (Å²) in [4.78, 5) is 4.37. The first-order valence-electron chi connectivity index (χ1n) is 8.65. The quantitative estimate of drug-likeness (QED) is 0.450. The molecule has 1 heterocycles. The Morgan fingerprint density at radius 3 is 2.35 bits per heavy atom. The van der Waals surface area contributed by atoms with E-state index in [2.05, 4.69) is 52.6 Å². The van der Waals surface area contributed by atoms with Gasteiger partial charge in [-0.1, -0.05) is 51.5 Å². The van der Waals surface area contributed by atoms with E-state index in [0.717, 1.165) is 24.5 Å². The molecule has 0 fully saturated rings. The van der Waals surface area contributed by atoms with Crippen molar-refractivity contribution in [2.75, 3.05) is 6.61 Å². The van der Waals surface area contributed by atoms with Gasteiger partial charge in [0, 0.05) is 17.6 Å². The first-order chi connectivity index (χ1) is 10.8. The van der Waals surface area contributed by atoms with Crippen LogP contribution in [0.1, 0.15) is 68.2 Å². The maximum Gasteiger partial charge on any atom is 0.106 e. The van der Waals surface area contributed by atoms with E-state index in [1.54, 1.807) is 10.8 Å². The van der Waals surface area contributed by atoms with Gasteiger partial charge in [-0.25, -0.2) is 4.98 Å². The molecular weight excluding hydrogens is 322 g/mol. The highest BCUT2D eigenvalue weighted by molar-refractivity contribution is 8.77. The minimum atomic E-state index is 0.163. The first kappa shape index (κ1) is 22.8. The van der Waals surface area contributed by atoms with E-state index in [0.29, 0.717) is 0 Å². The summed E-state index contributed by atoms with van der Waals surface area (Å²) >= 11 is 0. The second kappa shape index (κ2) is 11.4. The lowest BCUT2D eigenvalue weighted by atomic mass is 9.79. The molecule has 0 saturated heterocycles. The first-order valence-corrected chi connectivity index (χ1v) is 10.8. The number of pyridine rings is 1. The molecule has 0 N–H and O–H groups in total. The normalized spacial score (nSPS) is 13.2. The zero-order valence-corrected chi connectivity index (χ0v) is 17.8.